The summed E-state index contributed by atoms with van der Waals surface area (Å²) in [7, 11) is 0. The number of hydrogen-bond acceptors (Lipinski definition) is 2. The number of rotatable bonds is 1. The summed E-state index contributed by atoms with van der Waals surface area (Å²) in [5, 5.41) is 9.97. The highest BCUT2D eigenvalue weighted by atomic mass is 16.3. The molecule has 0 fully saturated rings. The van der Waals surface area contributed by atoms with Crippen molar-refractivity contribution in [1.82, 2.24) is 4.98 Å². The predicted molar refractivity (Wildman–Crippen MR) is 60.7 cm³/mol. The molecule has 16 heavy (non-hydrogen) atoms. The molecule has 0 unspecified atom stereocenters. The Morgan fingerprint density at radius 2 is 2.06 bits per heavy atom. The van der Waals surface area contributed by atoms with Gasteiger partial charge >= 0.3 is 0 Å². The Labute approximate surface area is 91.9 Å². The molecule has 0 saturated carbocycles. The third kappa shape index (κ3) is 1.21. The average Bonchev–Trinajstić information content (AvgIpc) is 2.94. The number of nitrogens with zero attached hydrogens (tertiary/aromatic N) is 1. The number of benzene rings is 1. The highest BCUT2D eigenvalue weighted by molar-refractivity contribution is 5.83. The summed E-state index contributed by atoms with van der Waals surface area (Å²) in [6.07, 6.45) is 1.74. The molecule has 2 aromatic heterocycles. The molecule has 0 atom stereocenters. The molecule has 0 amide bonds. The summed E-state index contributed by atoms with van der Waals surface area (Å²) < 4.78 is 5.67. The van der Waals surface area contributed by atoms with Crippen LogP contribution in [0.4, 0.5) is 0 Å². The lowest BCUT2D eigenvalue weighted by Gasteiger charge is -1.91. The second kappa shape index (κ2) is 3.28. The van der Waals surface area contributed by atoms with Gasteiger partial charge in [0.1, 0.15) is 11.7 Å². The van der Waals surface area contributed by atoms with Gasteiger partial charge in [-0.3, -0.25) is 0 Å². The first-order valence-electron chi connectivity index (χ1n) is 4.95. The molecule has 0 bridgehead atoms. The predicted octanol–water partition coefficient (Wildman–Crippen LogP) is 3.30. The van der Waals surface area contributed by atoms with Crippen molar-refractivity contribution in [3.8, 4) is 17.5 Å². The maximum absolute atomic E-state index is 8.93. The summed E-state index contributed by atoms with van der Waals surface area (Å²) in [4.78, 5) is 3.02. The van der Waals surface area contributed by atoms with Gasteiger partial charge in [0.2, 0.25) is 0 Å². The number of nitrogens with one attached hydrogen (secondary N) is 1. The number of fused-ring (bicyclic) bond motifs is 1. The van der Waals surface area contributed by atoms with Gasteiger partial charge in [0.15, 0.2) is 5.76 Å². The van der Waals surface area contributed by atoms with Crippen LogP contribution in [0.1, 0.15) is 5.56 Å². The lowest BCUT2D eigenvalue weighted by Crippen LogP contribution is -1.76. The van der Waals surface area contributed by atoms with Crippen LogP contribution in [-0.4, -0.2) is 4.98 Å². The van der Waals surface area contributed by atoms with E-state index in [-0.39, 0.29) is 0 Å². The second-order valence-corrected chi connectivity index (χ2v) is 3.53. The van der Waals surface area contributed by atoms with E-state index in [1.54, 1.807) is 12.3 Å². The first-order chi connectivity index (χ1) is 7.88. The molecule has 3 heteroatoms. The molecular weight excluding hydrogens is 200 g/mol. The van der Waals surface area contributed by atoms with Crippen molar-refractivity contribution in [1.29, 1.82) is 5.26 Å². The van der Waals surface area contributed by atoms with E-state index in [0.717, 1.165) is 16.7 Å². The molecule has 1 aromatic carbocycles. The molecule has 3 aromatic rings. The zero-order chi connectivity index (χ0) is 11.0. The average molecular weight is 208 g/mol. The Bertz CT molecular complexity index is 652. The number of nitriles is 1. The number of hydrogen-bond donors (Lipinski definition) is 1. The van der Waals surface area contributed by atoms with E-state index in [0.29, 0.717) is 11.3 Å². The summed E-state index contributed by atoms with van der Waals surface area (Å²) in [6.45, 7) is 0. The van der Waals surface area contributed by atoms with E-state index in [1.807, 2.05) is 30.3 Å². The van der Waals surface area contributed by atoms with Crippen LogP contribution in [0.2, 0.25) is 0 Å². The Morgan fingerprint density at radius 3 is 2.88 bits per heavy atom. The molecular formula is C13H8N2O. The maximum atomic E-state index is 8.93. The first-order valence-corrected chi connectivity index (χ1v) is 4.95. The Morgan fingerprint density at radius 1 is 1.19 bits per heavy atom. The van der Waals surface area contributed by atoms with Crippen LogP contribution in [0, 0.1) is 11.3 Å². The molecule has 3 nitrogen and oxygen atoms in total. The summed E-state index contributed by atoms with van der Waals surface area (Å²) in [6, 6.07) is 13.6. The minimum atomic E-state index is 0.596. The molecule has 0 radical (unpaired) electrons. The minimum absolute atomic E-state index is 0.596. The fraction of sp³-hybridized carbons (Fsp3) is 0. The topological polar surface area (TPSA) is 52.7 Å². The van der Waals surface area contributed by atoms with Crippen molar-refractivity contribution in [2.75, 3.05) is 0 Å². The molecule has 2 heterocycles. The Balaban J connectivity index is 2.24. The molecule has 0 spiro atoms. The van der Waals surface area contributed by atoms with Crippen molar-refractivity contribution in [2.24, 2.45) is 0 Å². The van der Waals surface area contributed by atoms with Crippen molar-refractivity contribution in [3.63, 3.8) is 0 Å². The number of furan rings is 1. The highest BCUT2D eigenvalue weighted by Gasteiger charge is 2.10. The smallest absolute Gasteiger partial charge is 0.152 e. The van der Waals surface area contributed by atoms with Crippen LogP contribution >= 0.6 is 0 Å². The van der Waals surface area contributed by atoms with E-state index in [2.05, 4.69) is 11.1 Å². The van der Waals surface area contributed by atoms with Gasteiger partial charge in [-0.25, -0.2) is 0 Å². The van der Waals surface area contributed by atoms with Crippen LogP contribution in [0.5, 0.6) is 0 Å². The van der Waals surface area contributed by atoms with Crippen molar-refractivity contribution < 1.29 is 4.42 Å². The molecule has 3 rings (SSSR count). The SMILES string of the molecule is N#Cc1cc[nH]c1-c1cc2ccccc2o1. The van der Waals surface area contributed by atoms with Gasteiger partial charge < -0.3 is 9.40 Å². The van der Waals surface area contributed by atoms with Crippen LogP contribution in [0.3, 0.4) is 0 Å². The number of para-hydroxylation sites is 1. The molecule has 0 aliphatic carbocycles. The van der Waals surface area contributed by atoms with Crippen molar-refractivity contribution in [3.05, 3.63) is 48.2 Å². The van der Waals surface area contributed by atoms with Crippen LogP contribution < -0.4 is 0 Å². The molecule has 0 aliphatic heterocycles. The fourth-order valence-electron chi connectivity index (χ4n) is 1.77. The Hall–Kier alpha value is -2.47. The van der Waals surface area contributed by atoms with Crippen LogP contribution in [0.25, 0.3) is 22.4 Å². The summed E-state index contributed by atoms with van der Waals surface area (Å²) in [5.74, 6) is 0.697. The lowest BCUT2D eigenvalue weighted by molar-refractivity contribution is 0.629. The molecule has 0 saturated heterocycles. The van der Waals surface area contributed by atoms with Crippen molar-refractivity contribution >= 4 is 11.0 Å². The monoisotopic (exact) mass is 208 g/mol. The van der Waals surface area contributed by atoms with Crippen molar-refractivity contribution in [2.45, 2.75) is 0 Å². The minimum Gasteiger partial charge on any atom is -0.454 e. The zero-order valence-corrected chi connectivity index (χ0v) is 8.40. The molecule has 0 aliphatic rings. The third-order valence-electron chi connectivity index (χ3n) is 2.54. The number of H-pyrrole nitrogens is 1. The van der Waals surface area contributed by atoms with Gasteiger partial charge in [-0.15, -0.1) is 0 Å². The van der Waals surface area contributed by atoms with E-state index in [1.165, 1.54) is 0 Å². The maximum Gasteiger partial charge on any atom is 0.152 e. The van der Waals surface area contributed by atoms with Gasteiger partial charge in [0.05, 0.1) is 11.3 Å². The summed E-state index contributed by atoms with van der Waals surface area (Å²) >= 11 is 0. The fourth-order valence-corrected chi connectivity index (χ4v) is 1.77. The first kappa shape index (κ1) is 8.81. The standard InChI is InChI=1S/C13H8N2O/c14-8-10-5-6-15-13(10)12-7-9-3-1-2-4-11(9)16-12/h1-7,15H. The largest absolute Gasteiger partial charge is 0.454 e. The number of aromatic nitrogens is 1. The Kier molecular flexibility index (Phi) is 1.81. The normalized spacial score (nSPS) is 10.4. The third-order valence-corrected chi connectivity index (χ3v) is 2.54. The van der Waals surface area contributed by atoms with Gasteiger partial charge in [-0.1, -0.05) is 18.2 Å². The van der Waals surface area contributed by atoms with Crippen LogP contribution in [0.15, 0.2) is 47.0 Å². The molecule has 76 valence electrons. The zero-order valence-electron chi connectivity index (χ0n) is 8.40. The van der Waals surface area contributed by atoms with E-state index < -0.39 is 0 Å². The van der Waals surface area contributed by atoms with Gasteiger partial charge in [-0.05, 0) is 18.2 Å². The van der Waals surface area contributed by atoms with E-state index in [9.17, 15) is 0 Å². The van der Waals surface area contributed by atoms with E-state index in [4.69, 9.17) is 9.68 Å². The highest BCUT2D eigenvalue weighted by Crippen LogP contribution is 2.28. The quantitative estimate of drug-likeness (QED) is 0.667. The van der Waals surface area contributed by atoms with Gasteiger partial charge in [0, 0.05) is 11.6 Å². The lowest BCUT2D eigenvalue weighted by atomic mass is 10.2. The van der Waals surface area contributed by atoms with Crippen LogP contribution in [-0.2, 0) is 0 Å². The number of aromatic amines is 1. The summed E-state index contributed by atoms with van der Waals surface area (Å²) in [5.41, 5.74) is 2.16. The molecule has 1 N–H and O–H groups in total. The second-order valence-electron chi connectivity index (χ2n) is 3.53. The van der Waals surface area contributed by atoms with E-state index >= 15 is 0 Å². The van der Waals surface area contributed by atoms with Gasteiger partial charge in [0.25, 0.3) is 0 Å². The van der Waals surface area contributed by atoms with Gasteiger partial charge in [-0.2, -0.15) is 5.26 Å².